The molecule has 0 aromatic heterocycles. The number of carbonyl (C=O) groups excluding carboxylic acids is 1. The summed E-state index contributed by atoms with van der Waals surface area (Å²) >= 11 is 1.46. The monoisotopic (exact) mass is 385 g/mol. The molecule has 0 aliphatic carbocycles. The van der Waals surface area contributed by atoms with E-state index in [-0.39, 0.29) is 30.9 Å². The molecule has 0 radical (unpaired) electrons. The number of rotatable bonds is 9. The minimum Gasteiger partial charge on any atom is -0.480 e. The molecule has 4 N–H and O–H groups in total. The number of nitrogens with zero attached hydrogens (tertiary/aromatic N) is 1. The normalized spacial score (nSPS) is 14.4. The molecule has 1 aliphatic rings. The molecule has 1 aliphatic heterocycles. The molecule has 0 bridgehead atoms. The van der Waals surface area contributed by atoms with E-state index in [1.165, 1.54) is 17.8 Å². The van der Waals surface area contributed by atoms with Crippen molar-refractivity contribution in [3.8, 4) is 11.5 Å². The van der Waals surface area contributed by atoms with Gasteiger partial charge >= 0.3 is 12.1 Å². The second kappa shape index (κ2) is 9.25. The minimum atomic E-state index is -1.21. The van der Waals surface area contributed by atoms with Gasteiger partial charge in [-0.05, 0) is 23.7 Å². The average Bonchev–Trinajstić information content (AvgIpc) is 3.09. The molecule has 1 unspecified atom stereocenters. The van der Waals surface area contributed by atoms with Gasteiger partial charge in [0, 0.05) is 23.6 Å². The first-order valence-electron chi connectivity index (χ1n) is 7.70. The van der Waals surface area contributed by atoms with E-state index in [0.29, 0.717) is 22.8 Å². The van der Waals surface area contributed by atoms with Crippen LogP contribution in [0.2, 0.25) is 0 Å². The molecule has 142 valence electrons. The summed E-state index contributed by atoms with van der Waals surface area (Å²) in [5.41, 5.74) is 6.24. The number of nitrogens with two attached hydrogens (primary N) is 1. The van der Waals surface area contributed by atoms with Crippen LogP contribution in [-0.4, -0.2) is 48.9 Å². The Kier molecular flexibility index (Phi) is 7.04. The van der Waals surface area contributed by atoms with Gasteiger partial charge in [-0.15, -0.1) is 4.91 Å². The van der Waals surface area contributed by atoms with Crippen molar-refractivity contribution in [1.82, 2.24) is 5.32 Å². The molecular weight excluding hydrogens is 366 g/mol. The highest BCUT2D eigenvalue weighted by Crippen LogP contribution is 2.43. The topological polar surface area (TPSA) is 150 Å². The largest absolute Gasteiger partial charge is 0.480 e. The van der Waals surface area contributed by atoms with E-state index in [4.69, 9.17) is 25.1 Å². The number of alkyl carbamates (subject to hydrolysis) is 1. The molecule has 11 heteroatoms. The van der Waals surface area contributed by atoms with E-state index in [1.54, 1.807) is 6.07 Å². The van der Waals surface area contributed by atoms with Crippen molar-refractivity contribution in [2.24, 2.45) is 10.9 Å². The zero-order valence-corrected chi connectivity index (χ0v) is 14.8. The molecule has 0 saturated heterocycles. The molecule has 0 saturated carbocycles. The summed E-state index contributed by atoms with van der Waals surface area (Å²) in [4.78, 5) is 33.0. The minimum absolute atomic E-state index is 0.0932. The first kappa shape index (κ1) is 19.8. The van der Waals surface area contributed by atoms with Gasteiger partial charge in [0.05, 0.1) is 0 Å². The maximum Gasteiger partial charge on any atom is 0.407 e. The van der Waals surface area contributed by atoms with Crippen LogP contribution in [0.15, 0.2) is 17.3 Å². The van der Waals surface area contributed by atoms with Crippen LogP contribution < -0.4 is 20.5 Å². The Bertz CT molecular complexity index is 685. The predicted octanol–water partition coefficient (Wildman–Crippen LogP) is 1.75. The van der Waals surface area contributed by atoms with Crippen molar-refractivity contribution >= 4 is 29.5 Å². The zero-order chi connectivity index (χ0) is 19.1. The molecule has 1 aromatic rings. The predicted molar refractivity (Wildman–Crippen MR) is 93.9 cm³/mol. The van der Waals surface area contributed by atoms with E-state index >= 15 is 0 Å². The number of fused-ring (bicyclic) bond motifs is 1. The smallest absolute Gasteiger partial charge is 0.407 e. The number of amides is 1. The van der Waals surface area contributed by atoms with Crippen LogP contribution in [0.3, 0.4) is 0 Å². The van der Waals surface area contributed by atoms with Gasteiger partial charge in [0.2, 0.25) is 6.79 Å². The summed E-state index contributed by atoms with van der Waals surface area (Å²) in [6, 6.07) is 2.08. The van der Waals surface area contributed by atoms with E-state index in [0.717, 1.165) is 0 Å². The number of thioether (sulfide) groups is 1. The van der Waals surface area contributed by atoms with Crippen molar-refractivity contribution < 1.29 is 28.9 Å². The SMILES string of the molecule is CC(SCCOC(=O)NC[C@H](N)C(=O)O)c1cc2c(cc1N=O)OCO2. The summed E-state index contributed by atoms with van der Waals surface area (Å²) in [6.45, 7) is 1.89. The summed E-state index contributed by atoms with van der Waals surface area (Å²) in [5, 5.41) is 13.8. The first-order chi connectivity index (χ1) is 12.4. The van der Waals surface area contributed by atoms with Crippen molar-refractivity contribution in [3.63, 3.8) is 0 Å². The van der Waals surface area contributed by atoms with E-state index < -0.39 is 18.1 Å². The van der Waals surface area contributed by atoms with Crippen LogP contribution >= 0.6 is 11.8 Å². The Labute approximate surface area is 153 Å². The van der Waals surface area contributed by atoms with Gasteiger partial charge < -0.3 is 30.4 Å². The number of aliphatic carboxylic acids is 1. The molecule has 2 atom stereocenters. The van der Waals surface area contributed by atoms with E-state index in [1.807, 2.05) is 6.92 Å². The van der Waals surface area contributed by atoms with Crippen molar-refractivity contribution in [1.29, 1.82) is 0 Å². The summed E-state index contributed by atoms with van der Waals surface area (Å²) < 4.78 is 15.5. The van der Waals surface area contributed by atoms with Crippen LogP contribution in [0.1, 0.15) is 17.7 Å². The quantitative estimate of drug-likeness (QED) is 0.426. The Balaban J connectivity index is 1.77. The number of carboxylic acids is 1. The number of ether oxygens (including phenoxy) is 3. The zero-order valence-electron chi connectivity index (χ0n) is 14.0. The van der Waals surface area contributed by atoms with Gasteiger partial charge in [-0.3, -0.25) is 4.79 Å². The third-order valence-electron chi connectivity index (χ3n) is 3.53. The number of hydrogen-bond donors (Lipinski definition) is 3. The highest BCUT2D eigenvalue weighted by atomic mass is 32.2. The second-order valence-electron chi connectivity index (χ2n) is 5.33. The molecule has 1 aromatic carbocycles. The van der Waals surface area contributed by atoms with E-state index in [2.05, 4.69) is 10.5 Å². The summed E-state index contributed by atoms with van der Waals surface area (Å²) in [6.07, 6.45) is -0.742. The van der Waals surface area contributed by atoms with Crippen molar-refractivity contribution in [3.05, 3.63) is 22.6 Å². The maximum atomic E-state index is 11.4. The van der Waals surface area contributed by atoms with Gasteiger partial charge in [0.15, 0.2) is 11.5 Å². The van der Waals surface area contributed by atoms with Gasteiger partial charge in [-0.25, -0.2) is 4.79 Å². The molecular formula is C15H19N3O7S. The van der Waals surface area contributed by atoms with Crippen molar-refractivity contribution in [2.45, 2.75) is 18.2 Å². The lowest BCUT2D eigenvalue weighted by Crippen LogP contribution is -2.42. The summed E-state index contributed by atoms with van der Waals surface area (Å²) in [7, 11) is 0. The third-order valence-corrected chi connectivity index (χ3v) is 4.68. The number of nitrogens with one attached hydrogen (secondary N) is 1. The molecule has 2 rings (SSSR count). The molecule has 1 amide bonds. The first-order valence-corrected chi connectivity index (χ1v) is 8.74. The molecule has 10 nitrogen and oxygen atoms in total. The fourth-order valence-corrected chi connectivity index (χ4v) is 3.03. The highest BCUT2D eigenvalue weighted by Gasteiger charge is 2.21. The third kappa shape index (κ3) is 5.23. The highest BCUT2D eigenvalue weighted by molar-refractivity contribution is 7.99. The Morgan fingerprint density at radius 1 is 1.42 bits per heavy atom. The lowest BCUT2D eigenvalue weighted by atomic mass is 10.1. The number of hydrogen-bond acceptors (Lipinski definition) is 9. The van der Waals surface area contributed by atoms with Crippen LogP contribution in [0, 0.1) is 4.91 Å². The van der Waals surface area contributed by atoms with Crippen LogP contribution in [0.5, 0.6) is 11.5 Å². The Morgan fingerprint density at radius 3 is 2.77 bits per heavy atom. The number of carbonyl (C=O) groups is 2. The van der Waals surface area contributed by atoms with Crippen LogP contribution in [0.4, 0.5) is 10.5 Å². The van der Waals surface area contributed by atoms with E-state index in [9.17, 15) is 14.5 Å². The fraction of sp³-hybridized carbons (Fsp3) is 0.467. The second-order valence-corrected chi connectivity index (χ2v) is 6.78. The van der Waals surface area contributed by atoms with Crippen LogP contribution in [0.25, 0.3) is 0 Å². The molecule has 0 spiro atoms. The van der Waals surface area contributed by atoms with Gasteiger partial charge in [-0.2, -0.15) is 11.8 Å². The number of carboxylic acid groups (broad SMARTS) is 1. The number of nitroso groups, excluding NO2 is 1. The molecule has 1 heterocycles. The molecule has 0 fully saturated rings. The van der Waals surface area contributed by atoms with Gasteiger partial charge in [-0.1, -0.05) is 0 Å². The standard InChI is InChI=1S/C15H19N3O7S/c1-8(9-4-12-13(25-7-24-12)5-11(9)18-22)26-3-2-23-15(21)17-6-10(16)14(19)20/h4-5,8,10H,2-3,6-7,16H2,1H3,(H,17,21)(H,19,20)/t8?,10-/m0/s1. The average molecular weight is 385 g/mol. The van der Waals surface area contributed by atoms with Crippen molar-refractivity contribution in [2.75, 3.05) is 25.7 Å². The Hall–Kier alpha value is -2.53. The molecule has 26 heavy (non-hydrogen) atoms. The number of benzene rings is 1. The lowest BCUT2D eigenvalue weighted by molar-refractivity contribution is -0.138. The maximum absolute atomic E-state index is 11.4. The van der Waals surface area contributed by atoms with Gasteiger partial charge in [0.1, 0.15) is 18.3 Å². The van der Waals surface area contributed by atoms with Crippen LogP contribution in [-0.2, 0) is 9.53 Å². The summed E-state index contributed by atoms with van der Waals surface area (Å²) in [5.74, 6) is 0.301. The lowest BCUT2D eigenvalue weighted by Gasteiger charge is -2.14. The Morgan fingerprint density at radius 2 is 2.12 bits per heavy atom. The van der Waals surface area contributed by atoms with Gasteiger partial charge in [0.25, 0.3) is 0 Å². The fourth-order valence-electron chi connectivity index (χ4n) is 2.13.